The molecule has 2 aromatic carbocycles. The third-order valence-corrected chi connectivity index (χ3v) is 2.70. The Bertz CT molecular complexity index is 602. The average Bonchev–Trinajstić information content (AvgIpc) is 2.82. The summed E-state index contributed by atoms with van der Waals surface area (Å²) in [7, 11) is 0. The molecule has 0 saturated heterocycles. The van der Waals surface area contributed by atoms with Gasteiger partial charge in [-0.25, -0.2) is 4.39 Å². The fraction of sp³-hybridized carbons (Fsp3) is 0.0769. The molecule has 18 heavy (non-hydrogen) atoms. The van der Waals surface area contributed by atoms with E-state index in [0.29, 0.717) is 17.2 Å². The first-order chi connectivity index (χ1) is 8.74. The predicted octanol–water partition coefficient (Wildman–Crippen LogP) is 2.88. The number of nitrogens with one attached hydrogen (secondary N) is 1. The van der Waals surface area contributed by atoms with Crippen LogP contribution in [0, 0.1) is 5.82 Å². The Morgan fingerprint density at radius 1 is 1.11 bits per heavy atom. The van der Waals surface area contributed by atoms with Gasteiger partial charge in [-0.3, -0.25) is 0 Å². The molecule has 0 fully saturated rings. The van der Waals surface area contributed by atoms with Gasteiger partial charge in [0, 0.05) is 11.8 Å². The van der Waals surface area contributed by atoms with Crippen LogP contribution >= 0.6 is 0 Å². The van der Waals surface area contributed by atoms with E-state index in [1.807, 2.05) is 6.07 Å². The van der Waals surface area contributed by atoms with E-state index in [9.17, 15) is 4.39 Å². The highest BCUT2D eigenvalue weighted by Crippen LogP contribution is 2.35. The van der Waals surface area contributed by atoms with Crippen molar-refractivity contribution in [1.82, 2.24) is 0 Å². The highest BCUT2D eigenvalue weighted by Gasteiger charge is 2.13. The Morgan fingerprint density at radius 3 is 2.83 bits per heavy atom. The van der Waals surface area contributed by atoms with Crippen LogP contribution in [0.3, 0.4) is 0 Å². The van der Waals surface area contributed by atoms with Crippen LogP contribution in [-0.2, 0) is 0 Å². The molecule has 92 valence electrons. The Morgan fingerprint density at radius 2 is 1.94 bits per heavy atom. The smallest absolute Gasteiger partial charge is 0.231 e. The first kappa shape index (κ1) is 10.7. The fourth-order valence-corrected chi connectivity index (χ4v) is 1.78. The number of ether oxygens (including phenoxy) is 2. The van der Waals surface area contributed by atoms with Gasteiger partial charge in [-0.2, -0.15) is 0 Å². The van der Waals surface area contributed by atoms with Crippen LogP contribution in [0.1, 0.15) is 0 Å². The lowest BCUT2D eigenvalue weighted by molar-refractivity contribution is 0.174. The van der Waals surface area contributed by atoms with E-state index in [-0.39, 0.29) is 12.5 Å². The molecule has 1 aliphatic heterocycles. The number of nitrogens with two attached hydrogens (primary N) is 1. The maximum Gasteiger partial charge on any atom is 0.231 e. The molecule has 3 rings (SSSR count). The van der Waals surface area contributed by atoms with Crippen LogP contribution in [0.2, 0.25) is 0 Å². The molecule has 4 nitrogen and oxygen atoms in total. The molecule has 5 heteroatoms. The number of fused-ring (bicyclic) bond motifs is 1. The molecule has 0 unspecified atom stereocenters. The van der Waals surface area contributed by atoms with Gasteiger partial charge in [0.2, 0.25) is 6.79 Å². The molecule has 2 aromatic rings. The maximum atomic E-state index is 13.3. The van der Waals surface area contributed by atoms with E-state index >= 15 is 0 Å². The monoisotopic (exact) mass is 246 g/mol. The van der Waals surface area contributed by atoms with Crippen LogP contribution in [0.15, 0.2) is 36.4 Å². The summed E-state index contributed by atoms with van der Waals surface area (Å²) in [5, 5.41) is 3.04. The van der Waals surface area contributed by atoms with Gasteiger partial charge in [0.1, 0.15) is 5.82 Å². The van der Waals surface area contributed by atoms with Gasteiger partial charge in [0.15, 0.2) is 11.5 Å². The van der Waals surface area contributed by atoms with Crippen molar-refractivity contribution in [3.05, 3.63) is 42.2 Å². The van der Waals surface area contributed by atoms with Gasteiger partial charge >= 0.3 is 0 Å². The lowest BCUT2D eigenvalue weighted by Crippen LogP contribution is -1.98. The van der Waals surface area contributed by atoms with Gasteiger partial charge in [0.05, 0.1) is 11.4 Å². The predicted molar refractivity (Wildman–Crippen MR) is 66.7 cm³/mol. The van der Waals surface area contributed by atoms with Crippen LogP contribution in [0.25, 0.3) is 0 Å². The molecule has 0 aromatic heterocycles. The highest BCUT2D eigenvalue weighted by atomic mass is 19.1. The molecule has 0 spiro atoms. The normalized spacial score (nSPS) is 12.5. The van der Waals surface area contributed by atoms with Crippen LogP contribution in [-0.4, -0.2) is 6.79 Å². The van der Waals surface area contributed by atoms with Crippen molar-refractivity contribution in [1.29, 1.82) is 0 Å². The number of hydrogen-bond acceptors (Lipinski definition) is 4. The third kappa shape index (κ3) is 1.79. The summed E-state index contributed by atoms with van der Waals surface area (Å²) < 4.78 is 23.8. The second-order valence-corrected chi connectivity index (χ2v) is 3.89. The minimum absolute atomic E-state index is 0.0927. The minimum Gasteiger partial charge on any atom is -0.454 e. The van der Waals surface area contributed by atoms with E-state index < -0.39 is 5.82 Å². The number of hydrogen-bond donors (Lipinski definition) is 2. The molecule has 0 saturated carbocycles. The van der Waals surface area contributed by atoms with E-state index in [0.717, 1.165) is 5.69 Å². The average molecular weight is 246 g/mol. The van der Waals surface area contributed by atoms with Crippen molar-refractivity contribution in [2.45, 2.75) is 0 Å². The van der Waals surface area contributed by atoms with Gasteiger partial charge in [0.25, 0.3) is 0 Å². The molecule has 1 aliphatic rings. The summed E-state index contributed by atoms with van der Waals surface area (Å²) in [5.74, 6) is 0.920. The third-order valence-electron chi connectivity index (χ3n) is 2.70. The second kappa shape index (κ2) is 4.10. The molecule has 0 atom stereocenters. The topological polar surface area (TPSA) is 56.5 Å². The largest absolute Gasteiger partial charge is 0.454 e. The van der Waals surface area contributed by atoms with Crippen molar-refractivity contribution in [2.24, 2.45) is 0 Å². The Labute approximate surface area is 103 Å². The second-order valence-electron chi connectivity index (χ2n) is 3.89. The first-order valence-corrected chi connectivity index (χ1v) is 5.45. The molecule has 0 bridgehead atoms. The Balaban J connectivity index is 1.90. The van der Waals surface area contributed by atoms with Crippen LogP contribution in [0.5, 0.6) is 11.5 Å². The quantitative estimate of drug-likeness (QED) is 0.800. The van der Waals surface area contributed by atoms with E-state index in [1.54, 1.807) is 24.3 Å². The van der Waals surface area contributed by atoms with Crippen molar-refractivity contribution in [2.75, 3.05) is 17.8 Å². The number of rotatable bonds is 2. The zero-order chi connectivity index (χ0) is 12.5. The van der Waals surface area contributed by atoms with Crippen LogP contribution in [0.4, 0.5) is 21.5 Å². The van der Waals surface area contributed by atoms with Gasteiger partial charge < -0.3 is 20.5 Å². The minimum atomic E-state index is -0.444. The van der Waals surface area contributed by atoms with Gasteiger partial charge in [-0.15, -0.1) is 0 Å². The summed E-state index contributed by atoms with van der Waals surface area (Å²) in [6, 6.07) is 10.0. The number of benzene rings is 2. The highest BCUT2D eigenvalue weighted by molar-refractivity contribution is 5.74. The summed E-state index contributed by atoms with van der Waals surface area (Å²) in [6.45, 7) is 0.223. The zero-order valence-electron chi connectivity index (χ0n) is 9.44. The van der Waals surface area contributed by atoms with E-state index in [2.05, 4.69) is 5.32 Å². The Kier molecular flexibility index (Phi) is 2.44. The lowest BCUT2D eigenvalue weighted by Gasteiger charge is -2.10. The summed E-state index contributed by atoms with van der Waals surface area (Å²) in [5.41, 5.74) is 7.03. The molecule has 0 amide bonds. The molecule has 1 heterocycles. The van der Waals surface area contributed by atoms with Crippen molar-refractivity contribution in [3.63, 3.8) is 0 Å². The molecule has 3 N–H and O–H groups in total. The van der Waals surface area contributed by atoms with Crippen LogP contribution < -0.4 is 20.5 Å². The number of anilines is 3. The number of para-hydroxylation sites is 1. The zero-order valence-corrected chi connectivity index (χ0v) is 9.44. The first-order valence-electron chi connectivity index (χ1n) is 5.45. The standard InChI is InChI=1S/C13H11FN2O2/c14-9-2-1-3-10(13(9)15)16-8-4-5-11-12(6-8)18-7-17-11/h1-6,16H,7,15H2. The molecular formula is C13H11FN2O2. The molecule has 0 radical (unpaired) electrons. The van der Waals surface area contributed by atoms with Gasteiger partial charge in [-0.05, 0) is 24.3 Å². The number of nitrogen functional groups attached to an aromatic ring is 1. The summed E-state index contributed by atoms with van der Waals surface area (Å²) in [6.07, 6.45) is 0. The lowest BCUT2D eigenvalue weighted by atomic mass is 10.2. The van der Waals surface area contributed by atoms with Gasteiger partial charge in [-0.1, -0.05) is 6.07 Å². The Hall–Kier alpha value is -2.43. The van der Waals surface area contributed by atoms with Crippen molar-refractivity contribution >= 4 is 17.1 Å². The maximum absolute atomic E-state index is 13.3. The van der Waals surface area contributed by atoms with Crippen molar-refractivity contribution < 1.29 is 13.9 Å². The summed E-state index contributed by atoms with van der Waals surface area (Å²) in [4.78, 5) is 0. The molecule has 0 aliphatic carbocycles. The van der Waals surface area contributed by atoms with Crippen molar-refractivity contribution in [3.8, 4) is 11.5 Å². The van der Waals surface area contributed by atoms with E-state index in [1.165, 1.54) is 6.07 Å². The SMILES string of the molecule is Nc1c(F)cccc1Nc1ccc2c(c1)OCO2. The molecular weight excluding hydrogens is 235 g/mol. The van der Waals surface area contributed by atoms with E-state index in [4.69, 9.17) is 15.2 Å². The fourth-order valence-electron chi connectivity index (χ4n) is 1.78. The summed E-state index contributed by atoms with van der Waals surface area (Å²) >= 11 is 0. The number of halogens is 1.